The van der Waals surface area contributed by atoms with E-state index in [9.17, 15) is 0 Å². The summed E-state index contributed by atoms with van der Waals surface area (Å²) in [6, 6.07) is 1.20. The Morgan fingerprint density at radius 3 is 2.36 bits per heavy atom. The van der Waals surface area contributed by atoms with Crippen LogP contribution in [0, 0.1) is 0 Å². The summed E-state index contributed by atoms with van der Waals surface area (Å²) in [5.41, 5.74) is 7.17. The molecule has 0 bridgehead atoms. The molecule has 14 heavy (non-hydrogen) atoms. The van der Waals surface area contributed by atoms with Gasteiger partial charge in [0.15, 0.2) is 0 Å². The van der Waals surface area contributed by atoms with Gasteiger partial charge in [-0.2, -0.15) is 0 Å². The Kier molecular flexibility index (Phi) is 4.63. The Bertz CT molecular complexity index is 181. The van der Waals surface area contributed by atoms with Crippen LogP contribution in [0.1, 0.15) is 39.5 Å². The maximum atomic E-state index is 5.90. The highest BCUT2D eigenvalue weighted by Crippen LogP contribution is 2.22. The van der Waals surface area contributed by atoms with Crippen LogP contribution in [0.4, 0.5) is 0 Å². The molecule has 0 aromatic heterocycles. The minimum Gasteiger partial charge on any atom is -0.328 e. The molecule has 1 fully saturated rings. The van der Waals surface area contributed by atoms with Gasteiger partial charge in [-0.1, -0.05) is 19.1 Å². The molecular formula is C12H24N2. The second-order valence-electron chi connectivity index (χ2n) is 4.59. The van der Waals surface area contributed by atoms with Crippen LogP contribution in [0.25, 0.3) is 0 Å². The van der Waals surface area contributed by atoms with E-state index in [4.69, 9.17) is 5.73 Å². The Morgan fingerprint density at radius 1 is 1.36 bits per heavy atom. The average Bonchev–Trinajstić information content (AvgIpc) is 2.15. The molecule has 0 aliphatic heterocycles. The lowest BCUT2D eigenvalue weighted by Gasteiger charge is -2.35. The number of nitrogens with zero attached hydrogens (tertiary/aromatic N) is 1. The maximum Gasteiger partial charge on any atom is 0.0190 e. The molecule has 0 aromatic carbocycles. The molecule has 2 N–H and O–H groups in total. The minimum absolute atomic E-state index is 0.454. The van der Waals surface area contributed by atoms with Crippen LogP contribution in [0.15, 0.2) is 12.2 Å². The van der Waals surface area contributed by atoms with E-state index in [1.54, 1.807) is 0 Å². The van der Waals surface area contributed by atoms with Crippen molar-refractivity contribution in [2.24, 2.45) is 5.73 Å². The van der Waals surface area contributed by atoms with Crippen LogP contribution < -0.4 is 5.73 Å². The first-order valence-electron chi connectivity index (χ1n) is 5.77. The molecule has 0 saturated heterocycles. The minimum atomic E-state index is 0.454. The zero-order valence-electron chi connectivity index (χ0n) is 9.63. The quantitative estimate of drug-likeness (QED) is 0.698. The summed E-state index contributed by atoms with van der Waals surface area (Å²) >= 11 is 0. The monoisotopic (exact) mass is 196 g/mol. The summed E-state index contributed by atoms with van der Waals surface area (Å²) in [5.74, 6) is 0. The number of rotatable bonds is 4. The molecule has 0 unspecified atom stereocenters. The molecule has 0 aromatic rings. The SMILES string of the molecule is C=C(C)CN(CC)C1CCC(N)CC1. The molecule has 0 spiro atoms. The van der Waals surface area contributed by atoms with Gasteiger partial charge in [0.1, 0.15) is 0 Å². The van der Waals surface area contributed by atoms with Crippen molar-refractivity contribution in [3.63, 3.8) is 0 Å². The fourth-order valence-electron chi connectivity index (χ4n) is 2.31. The molecular weight excluding hydrogens is 172 g/mol. The van der Waals surface area contributed by atoms with Crippen molar-refractivity contribution >= 4 is 0 Å². The second-order valence-corrected chi connectivity index (χ2v) is 4.59. The Labute approximate surface area is 88.2 Å². The predicted octanol–water partition coefficient (Wildman–Crippen LogP) is 2.15. The lowest BCUT2D eigenvalue weighted by molar-refractivity contribution is 0.169. The van der Waals surface area contributed by atoms with Gasteiger partial charge in [-0.05, 0) is 39.2 Å². The lowest BCUT2D eigenvalue weighted by atomic mass is 9.90. The Morgan fingerprint density at radius 2 is 1.93 bits per heavy atom. The normalized spacial score (nSPS) is 28.0. The van der Waals surface area contributed by atoms with Gasteiger partial charge in [-0.25, -0.2) is 0 Å². The van der Waals surface area contributed by atoms with E-state index in [1.807, 2.05) is 0 Å². The van der Waals surface area contributed by atoms with Crippen LogP contribution in [-0.4, -0.2) is 30.1 Å². The average molecular weight is 196 g/mol. The smallest absolute Gasteiger partial charge is 0.0190 e. The molecule has 0 amide bonds. The van der Waals surface area contributed by atoms with Crippen molar-refractivity contribution in [3.05, 3.63) is 12.2 Å². The van der Waals surface area contributed by atoms with Crippen LogP contribution in [0.3, 0.4) is 0 Å². The number of likely N-dealkylation sites (N-methyl/N-ethyl adjacent to an activating group) is 1. The molecule has 1 rings (SSSR count). The van der Waals surface area contributed by atoms with E-state index in [1.165, 1.54) is 31.3 Å². The molecule has 2 nitrogen and oxygen atoms in total. The summed E-state index contributed by atoms with van der Waals surface area (Å²) in [5, 5.41) is 0. The first-order chi connectivity index (χ1) is 6.63. The Hall–Kier alpha value is -0.340. The highest BCUT2D eigenvalue weighted by molar-refractivity contribution is 4.94. The fourth-order valence-corrected chi connectivity index (χ4v) is 2.31. The molecule has 1 aliphatic carbocycles. The highest BCUT2D eigenvalue weighted by atomic mass is 15.1. The van der Waals surface area contributed by atoms with Gasteiger partial charge >= 0.3 is 0 Å². The molecule has 2 heteroatoms. The maximum absolute atomic E-state index is 5.90. The van der Waals surface area contributed by atoms with Crippen molar-refractivity contribution in [1.82, 2.24) is 4.90 Å². The van der Waals surface area contributed by atoms with Gasteiger partial charge in [0.2, 0.25) is 0 Å². The largest absolute Gasteiger partial charge is 0.328 e. The van der Waals surface area contributed by atoms with Crippen molar-refractivity contribution in [2.45, 2.75) is 51.6 Å². The zero-order chi connectivity index (χ0) is 10.6. The molecule has 0 radical (unpaired) electrons. The lowest BCUT2D eigenvalue weighted by Crippen LogP contribution is -2.41. The highest BCUT2D eigenvalue weighted by Gasteiger charge is 2.22. The summed E-state index contributed by atoms with van der Waals surface area (Å²) in [6.45, 7) is 10.5. The molecule has 0 heterocycles. The van der Waals surface area contributed by atoms with E-state index in [0.29, 0.717) is 6.04 Å². The molecule has 1 saturated carbocycles. The third-order valence-corrected chi connectivity index (χ3v) is 3.14. The van der Waals surface area contributed by atoms with Gasteiger partial charge in [-0.15, -0.1) is 0 Å². The number of nitrogens with two attached hydrogens (primary N) is 1. The van der Waals surface area contributed by atoms with Gasteiger partial charge < -0.3 is 5.73 Å². The molecule has 82 valence electrons. The van der Waals surface area contributed by atoms with Crippen LogP contribution in [-0.2, 0) is 0 Å². The summed E-state index contributed by atoms with van der Waals surface area (Å²) in [4.78, 5) is 2.54. The van der Waals surface area contributed by atoms with E-state index < -0.39 is 0 Å². The number of hydrogen-bond donors (Lipinski definition) is 1. The van der Waals surface area contributed by atoms with E-state index in [2.05, 4.69) is 25.3 Å². The summed E-state index contributed by atoms with van der Waals surface area (Å²) < 4.78 is 0. The van der Waals surface area contributed by atoms with Crippen molar-refractivity contribution in [3.8, 4) is 0 Å². The van der Waals surface area contributed by atoms with Crippen LogP contribution in [0.5, 0.6) is 0 Å². The van der Waals surface area contributed by atoms with E-state index in [0.717, 1.165) is 19.1 Å². The van der Waals surface area contributed by atoms with Gasteiger partial charge in [0, 0.05) is 18.6 Å². The van der Waals surface area contributed by atoms with Gasteiger partial charge in [0.25, 0.3) is 0 Å². The molecule has 0 atom stereocenters. The molecule has 1 aliphatic rings. The third kappa shape index (κ3) is 3.43. The number of hydrogen-bond acceptors (Lipinski definition) is 2. The van der Waals surface area contributed by atoms with E-state index >= 15 is 0 Å². The predicted molar refractivity (Wildman–Crippen MR) is 62.3 cm³/mol. The standard InChI is InChI=1S/C12H24N2/c1-4-14(9-10(2)3)12-7-5-11(13)6-8-12/h11-12H,2,4-9,13H2,1,3H3. The second kappa shape index (κ2) is 5.52. The van der Waals surface area contributed by atoms with Crippen molar-refractivity contribution in [1.29, 1.82) is 0 Å². The first kappa shape index (κ1) is 11.7. The summed E-state index contributed by atoms with van der Waals surface area (Å²) in [7, 11) is 0. The Balaban J connectivity index is 2.40. The van der Waals surface area contributed by atoms with Gasteiger partial charge in [0.05, 0.1) is 0 Å². The first-order valence-corrected chi connectivity index (χ1v) is 5.77. The van der Waals surface area contributed by atoms with Crippen LogP contribution in [0.2, 0.25) is 0 Å². The van der Waals surface area contributed by atoms with Gasteiger partial charge in [-0.3, -0.25) is 4.90 Å². The van der Waals surface area contributed by atoms with Crippen LogP contribution >= 0.6 is 0 Å². The van der Waals surface area contributed by atoms with E-state index in [-0.39, 0.29) is 0 Å². The fraction of sp³-hybridized carbons (Fsp3) is 0.833. The van der Waals surface area contributed by atoms with Crippen molar-refractivity contribution < 1.29 is 0 Å². The van der Waals surface area contributed by atoms with Crippen molar-refractivity contribution in [2.75, 3.05) is 13.1 Å². The zero-order valence-corrected chi connectivity index (χ0v) is 9.63. The topological polar surface area (TPSA) is 29.3 Å². The third-order valence-electron chi connectivity index (χ3n) is 3.14. The summed E-state index contributed by atoms with van der Waals surface area (Å²) in [6.07, 6.45) is 4.92.